The third-order valence-corrected chi connectivity index (χ3v) is 3.22. The van der Waals surface area contributed by atoms with E-state index in [1.807, 2.05) is 0 Å². The van der Waals surface area contributed by atoms with Crippen LogP contribution in [0.25, 0.3) is 0 Å². The fourth-order valence-electron chi connectivity index (χ4n) is 1.92. The van der Waals surface area contributed by atoms with Crippen LogP contribution in [-0.4, -0.2) is 20.9 Å². The van der Waals surface area contributed by atoms with E-state index in [0.717, 1.165) is 31.9 Å². The van der Waals surface area contributed by atoms with Gasteiger partial charge in [0.1, 0.15) is 6.23 Å². The van der Waals surface area contributed by atoms with Gasteiger partial charge in [-0.05, 0) is 18.8 Å². The van der Waals surface area contributed by atoms with Gasteiger partial charge in [-0.15, -0.1) is 0 Å². The van der Waals surface area contributed by atoms with Crippen LogP contribution >= 0.6 is 0 Å². The third-order valence-electron chi connectivity index (χ3n) is 2.65. The van der Waals surface area contributed by atoms with E-state index in [0.29, 0.717) is 0 Å². The summed E-state index contributed by atoms with van der Waals surface area (Å²) in [6, 6.07) is 0. The van der Waals surface area contributed by atoms with E-state index in [1.165, 1.54) is 12.8 Å². The second kappa shape index (κ2) is 5.09. The standard InChI is InChI=1S/C9H19NO3S/c1-14(11,12)13-9(10)8-6-4-2-3-5-7-8/h8-9H,2-7,10H2,1H3. The van der Waals surface area contributed by atoms with Crippen molar-refractivity contribution in [3.63, 3.8) is 0 Å². The molecule has 0 spiro atoms. The summed E-state index contributed by atoms with van der Waals surface area (Å²) in [4.78, 5) is 0. The molecule has 84 valence electrons. The van der Waals surface area contributed by atoms with Crippen LogP contribution in [0.15, 0.2) is 0 Å². The van der Waals surface area contributed by atoms with Crippen molar-refractivity contribution in [2.45, 2.75) is 44.8 Å². The van der Waals surface area contributed by atoms with Gasteiger partial charge in [0.15, 0.2) is 0 Å². The molecule has 1 saturated carbocycles. The van der Waals surface area contributed by atoms with Gasteiger partial charge in [-0.1, -0.05) is 25.7 Å². The molecule has 5 heteroatoms. The molecule has 1 rings (SSSR count). The summed E-state index contributed by atoms with van der Waals surface area (Å²) in [7, 11) is -3.41. The van der Waals surface area contributed by atoms with Crippen LogP contribution in [0.3, 0.4) is 0 Å². The van der Waals surface area contributed by atoms with Gasteiger partial charge in [-0.3, -0.25) is 4.18 Å². The number of nitrogens with two attached hydrogens (primary N) is 1. The van der Waals surface area contributed by atoms with E-state index in [-0.39, 0.29) is 5.92 Å². The first-order valence-electron chi connectivity index (χ1n) is 5.13. The van der Waals surface area contributed by atoms with E-state index < -0.39 is 16.3 Å². The highest BCUT2D eigenvalue weighted by Crippen LogP contribution is 2.25. The van der Waals surface area contributed by atoms with Crippen LogP contribution in [0.1, 0.15) is 38.5 Å². The molecular formula is C9H19NO3S. The molecule has 0 bridgehead atoms. The Labute approximate surface area is 85.9 Å². The molecule has 2 N–H and O–H groups in total. The lowest BCUT2D eigenvalue weighted by molar-refractivity contribution is 0.137. The molecule has 1 fully saturated rings. The largest absolute Gasteiger partial charge is 0.305 e. The maximum absolute atomic E-state index is 10.9. The molecule has 0 amide bonds. The lowest BCUT2D eigenvalue weighted by atomic mass is 9.99. The third kappa shape index (κ3) is 4.39. The van der Waals surface area contributed by atoms with Crippen molar-refractivity contribution in [1.82, 2.24) is 0 Å². The van der Waals surface area contributed by atoms with E-state index in [9.17, 15) is 8.42 Å². The summed E-state index contributed by atoms with van der Waals surface area (Å²) >= 11 is 0. The molecule has 0 radical (unpaired) electrons. The normalized spacial score (nSPS) is 23.0. The van der Waals surface area contributed by atoms with E-state index in [2.05, 4.69) is 0 Å². The van der Waals surface area contributed by atoms with Crippen LogP contribution in [0.5, 0.6) is 0 Å². The first-order chi connectivity index (χ1) is 6.49. The quantitative estimate of drug-likeness (QED) is 0.442. The lowest BCUT2D eigenvalue weighted by Gasteiger charge is -2.20. The molecule has 0 aromatic carbocycles. The molecule has 0 aliphatic heterocycles. The Morgan fingerprint density at radius 3 is 2.14 bits per heavy atom. The predicted molar refractivity (Wildman–Crippen MR) is 55.1 cm³/mol. The fraction of sp³-hybridized carbons (Fsp3) is 1.00. The van der Waals surface area contributed by atoms with Gasteiger partial charge in [0.05, 0.1) is 6.26 Å². The molecule has 1 unspecified atom stereocenters. The van der Waals surface area contributed by atoms with Gasteiger partial charge < -0.3 is 5.73 Å². The average Bonchev–Trinajstić information content (AvgIpc) is 2.27. The first kappa shape index (κ1) is 11.9. The Morgan fingerprint density at radius 2 is 1.71 bits per heavy atom. The Hall–Kier alpha value is -0.130. The van der Waals surface area contributed by atoms with Crippen LogP contribution < -0.4 is 5.73 Å². The van der Waals surface area contributed by atoms with Gasteiger partial charge >= 0.3 is 0 Å². The Morgan fingerprint density at radius 1 is 1.21 bits per heavy atom. The molecule has 14 heavy (non-hydrogen) atoms. The highest BCUT2D eigenvalue weighted by molar-refractivity contribution is 7.86. The molecule has 4 nitrogen and oxygen atoms in total. The molecule has 1 atom stereocenters. The van der Waals surface area contributed by atoms with E-state index in [4.69, 9.17) is 9.92 Å². The molecule has 0 aromatic rings. The van der Waals surface area contributed by atoms with Crippen LogP contribution in [0.4, 0.5) is 0 Å². The maximum atomic E-state index is 10.9. The van der Waals surface area contributed by atoms with Gasteiger partial charge in [0, 0.05) is 0 Å². The predicted octanol–water partition coefficient (Wildman–Crippen LogP) is 1.22. The molecule has 1 aliphatic rings. The smallest absolute Gasteiger partial charge is 0.265 e. The zero-order chi connectivity index (χ0) is 10.6. The lowest BCUT2D eigenvalue weighted by Crippen LogP contribution is -2.34. The highest BCUT2D eigenvalue weighted by atomic mass is 32.2. The van der Waals surface area contributed by atoms with Gasteiger partial charge in [-0.25, -0.2) is 0 Å². The Balaban J connectivity index is 2.45. The van der Waals surface area contributed by atoms with Crippen LogP contribution in [-0.2, 0) is 14.3 Å². The Bertz CT molecular complexity index is 255. The van der Waals surface area contributed by atoms with Crippen molar-refractivity contribution >= 4 is 10.1 Å². The van der Waals surface area contributed by atoms with E-state index in [1.54, 1.807) is 0 Å². The molecule has 0 aromatic heterocycles. The van der Waals surface area contributed by atoms with Crippen LogP contribution in [0, 0.1) is 5.92 Å². The summed E-state index contributed by atoms with van der Waals surface area (Å²) in [5, 5.41) is 0. The maximum Gasteiger partial charge on any atom is 0.265 e. The van der Waals surface area contributed by atoms with Gasteiger partial charge in [-0.2, -0.15) is 8.42 Å². The monoisotopic (exact) mass is 221 g/mol. The molecule has 0 heterocycles. The van der Waals surface area contributed by atoms with Gasteiger partial charge in [0.2, 0.25) is 0 Å². The van der Waals surface area contributed by atoms with Crippen molar-refractivity contribution in [1.29, 1.82) is 0 Å². The number of hydrogen-bond donors (Lipinski definition) is 1. The second-order valence-corrected chi connectivity index (χ2v) is 5.62. The topological polar surface area (TPSA) is 69.4 Å². The van der Waals surface area contributed by atoms with Crippen molar-refractivity contribution < 1.29 is 12.6 Å². The number of hydrogen-bond acceptors (Lipinski definition) is 4. The van der Waals surface area contributed by atoms with Gasteiger partial charge in [0.25, 0.3) is 10.1 Å². The zero-order valence-corrected chi connectivity index (χ0v) is 9.42. The minimum absolute atomic E-state index is 0.201. The summed E-state index contributed by atoms with van der Waals surface area (Å²) in [6.07, 6.45) is 7.07. The molecule has 0 saturated heterocycles. The van der Waals surface area contributed by atoms with Crippen molar-refractivity contribution in [2.24, 2.45) is 11.7 Å². The molecule has 1 aliphatic carbocycles. The minimum atomic E-state index is -3.41. The zero-order valence-electron chi connectivity index (χ0n) is 8.61. The Kier molecular flexibility index (Phi) is 4.34. The van der Waals surface area contributed by atoms with E-state index >= 15 is 0 Å². The SMILES string of the molecule is CS(=O)(=O)OC(N)C1CCCCCC1. The second-order valence-electron chi connectivity index (χ2n) is 4.02. The fourth-order valence-corrected chi connectivity index (χ4v) is 2.48. The first-order valence-corrected chi connectivity index (χ1v) is 6.94. The molecular weight excluding hydrogens is 202 g/mol. The summed E-state index contributed by atoms with van der Waals surface area (Å²) in [6.45, 7) is 0. The number of rotatable bonds is 3. The highest BCUT2D eigenvalue weighted by Gasteiger charge is 2.23. The summed E-state index contributed by atoms with van der Waals surface area (Å²) in [5.74, 6) is 0.201. The van der Waals surface area contributed by atoms with Crippen LogP contribution in [0.2, 0.25) is 0 Å². The van der Waals surface area contributed by atoms with Crippen molar-refractivity contribution in [2.75, 3.05) is 6.26 Å². The summed E-state index contributed by atoms with van der Waals surface area (Å²) in [5.41, 5.74) is 5.70. The van der Waals surface area contributed by atoms with Crippen molar-refractivity contribution in [3.8, 4) is 0 Å². The van der Waals surface area contributed by atoms with Crippen molar-refractivity contribution in [3.05, 3.63) is 0 Å². The minimum Gasteiger partial charge on any atom is -0.305 e. The average molecular weight is 221 g/mol. The summed E-state index contributed by atoms with van der Waals surface area (Å²) < 4.78 is 26.5.